The molecule has 0 atom stereocenters. The van der Waals surface area contributed by atoms with Gasteiger partial charge in [-0.05, 0) is 44.7 Å². The number of nitrogens with zero attached hydrogens (tertiary/aromatic N) is 1. The summed E-state index contributed by atoms with van der Waals surface area (Å²) < 4.78 is 0.870. The van der Waals surface area contributed by atoms with Crippen LogP contribution in [0, 0.1) is 5.41 Å². The van der Waals surface area contributed by atoms with Crippen molar-refractivity contribution >= 4 is 5.90 Å². The van der Waals surface area contributed by atoms with Crippen LogP contribution in [0.3, 0.4) is 0 Å². The van der Waals surface area contributed by atoms with E-state index in [1.165, 1.54) is 0 Å². The molecule has 0 amide bonds. The first-order valence-corrected chi connectivity index (χ1v) is 9.47. The van der Waals surface area contributed by atoms with E-state index in [1.54, 1.807) is 0 Å². The molecular weight excluding hydrogens is 320 g/mol. The molecule has 0 aliphatic rings. The minimum absolute atomic E-state index is 0.445. The van der Waals surface area contributed by atoms with Gasteiger partial charge in [0.15, 0.2) is 0 Å². The van der Waals surface area contributed by atoms with Gasteiger partial charge in [0.2, 0.25) is 0 Å². The van der Waals surface area contributed by atoms with E-state index in [9.17, 15) is 5.11 Å². The molecule has 1 N–H and O–H groups in total. The summed E-state index contributed by atoms with van der Waals surface area (Å²) in [6.45, 7) is 9.76. The maximum absolute atomic E-state index is 12.8. The zero-order valence-electron chi connectivity index (χ0n) is 16.7. The fourth-order valence-electron chi connectivity index (χ4n) is 3.80. The first kappa shape index (κ1) is 20.2. The van der Waals surface area contributed by atoms with Gasteiger partial charge in [-0.15, -0.1) is 0 Å². The van der Waals surface area contributed by atoms with Crippen LogP contribution in [0.4, 0.5) is 0 Å². The lowest BCUT2D eigenvalue weighted by Crippen LogP contribution is -2.57. The maximum atomic E-state index is 12.8. The number of quaternary nitrogens is 1. The van der Waals surface area contributed by atoms with Gasteiger partial charge in [-0.3, -0.25) is 0 Å². The quantitative estimate of drug-likeness (QED) is 0.436. The van der Waals surface area contributed by atoms with Crippen LogP contribution in [-0.2, 0) is 5.41 Å². The van der Waals surface area contributed by atoms with E-state index in [4.69, 9.17) is 5.41 Å². The third-order valence-corrected chi connectivity index (χ3v) is 6.25. The molecule has 0 aliphatic heterocycles. The Hall–Kier alpha value is -2.13. The van der Waals surface area contributed by atoms with Gasteiger partial charge in [0, 0.05) is 6.42 Å². The normalized spacial score (nSPS) is 12.6. The molecule has 2 aromatic rings. The predicted molar refractivity (Wildman–Crippen MR) is 107 cm³/mol. The minimum Gasteiger partial charge on any atom is -0.861 e. The molecule has 2 rings (SSSR count). The summed E-state index contributed by atoms with van der Waals surface area (Å²) in [5.41, 5.74) is 0.891. The summed E-state index contributed by atoms with van der Waals surface area (Å²) in [6.07, 6.45) is 0.621. The Morgan fingerprint density at radius 2 is 1.27 bits per heavy atom. The highest BCUT2D eigenvalue weighted by molar-refractivity contribution is 5.86. The lowest BCUT2D eigenvalue weighted by atomic mass is 9.71. The largest absolute Gasteiger partial charge is 0.861 e. The monoisotopic (exact) mass is 352 g/mol. The zero-order valence-corrected chi connectivity index (χ0v) is 16.7. The van der Waals surface area contributed by atoms with E-state index in [-0.39, 0.29) is 0 Å². The fraction of sp³-hybridized carbons (Fsp3) is 0.435. The Morgan fingerprint density at radius 1 is 0.885 bits per heavy atom. The maximum Gasteiger partial charge on any atom is 0.0833 e. The second kappa shape index (κ2) is 8.05. The van der Waals surface area contributed by atoms with E-state index >= 15 is 0 Å². The van der Waals surface area contributed by atoms with Gasteiger partial charge in [0.1, 0.15) is 0 Å². The standard InChI is InChI=1S/C23H32N2O/c1-18(2)25(5,19(3)4)17-16-23(22(24)26,20-12-8-6-9-13-20)21-14-10-7-11-15-21/h6-15,18-19H,16-17H2,1-5H3,(H-,24,26). The van der Waals surface area contributed by atoms with Crippen molar-refractivity contribution in [3.8, 4) is 0 Å². The average Bonchev–Trinajstić information content (AvgIpc) is 2.63. The van der Waals surface area contributed by atoms with E-state index < -0.39 is 11.3 Å². The highest BCUT2D eigenvalue weighted by Crippen LogP contribution is 2.37. The number of hydrogen-bond donors (Lipinski definition) is 1. The van der Waals surface area contributed by atoms with Crippen molar-refractivity contribution in [1.29, 1.82) is 5.41 Å². The Labute approximate surface area is 158 Å². The van der Waals surface area contributed by atoms with Crippen LogP contribution in [0.5, 0.6) is 0 Å². The second-order valence-electron chi connectivity index (χ2n) is 7.97. The van der Waals surface area contributed by atoms with Crippen molar-refractivity contribution in [3.63, 3.8) is 0 Å². The second-order valence-corrected chi connectivity index (χ2v) is 7.97. The van der Waals surface area contributed by atoms with Gasteiger partial charge >= 0.3 is 0 Å². The molecule has 0 aliphatic carbocycles. The van der Waals surface area contributed by atoms with E-state index in [2.05, 4.69) is 34.7 Å². The average molecular weight is 353 g/mol. The van der Waals surface area contributed by atoms with E-state index in [1.807, 2.05) is 60.7 Å². The van der Waals surface area contributed by atoms with Crippen molar-refractivity contribution in [3.05, 3.63) is 71.8 Å². The molecule has 26 heavy (non-hydrogen) atoms. The molecule has 0 unspecified atom stereocenters. The molecule has 140 valence electrons. The fourth-order valence-corrected chi connectivity index (χ4v) is 3.80. The molecule has 0 aromatic heterocycles. The first-order valence-electron chi connectivity index (χ1n) is 9.47. The number of rotatable bonds is 8. The smallest absolute Gasteiger partial charge is 0.0833 e. The summed E-state index contributed by atoms with van der Waals surface area (Å²) >= 11 is 0. The van der Waals surface area contributed by atoms with Crippen molar-refractivity contribution in [2.24, 2.45) is 0 Å². The van der Waals surface area contributed by atoms with Crippen molar-refractivity contribution < 1.29 is 9.59 Å². The highest BCUT2D eigenvalue weighted by atomic mass is 16.3. The van der Waals surface area contributed by atoms with Crippen LogP contribution in [-0.4, -0.2) is 36.1 Å². The zero-order chi connectivity index (χ0) is 19.4. The van der Waals surface area contributed by atoms with Gasteiger partial charge in [0.05, 0.1) is 31.1 Å². The topological polar surface area (TPSA) is 46.9 Å². The van der Waals surface area contributed by atoms with E-state index in [0.717, 1.165) is 22.2 Å². The lowest BCUT2D eigenvalue weighted by Gasteiger charge is -2.46. The van der Waals surface area contributed by atoms with Crippen molar-refractivity contribution in [1.82, 2.24) is 0 Å². The summed E-state index contributed by atoms with van der Waals surface area (Å²) in [6, 6.07) is 20.5. The van der Waals surface area contributed by atoms with Gasteiger partial charge in [-0.1, -0.05) is 60.7 Å². The molecule has 0 saturated carbocycles. The van der Waals surface area contributed by atoms with Crippen LogP contribution in [0.2, 0.25) is 0 Å². The summed E-state index contributed by atoms with van der Waals surface area (Å²) in [5.74, 6) is -0.533. The van der Waals surface area contributed by atoms with Crippen LogP contribution in [0.25, 0.3) is 0 Å². The van der Waals surface area contributed by atoms with Gasteiger partial charge < -0.3 is 15.0 Å². The van der Waals surface area contributed by atoms with Crippen LogP contribution < -0.4 is 5.11 Å². The number of benzene rings is 2. The lowest BCUT2D eigenvalue weighted by molar-refractivity contribution is -0.949. The van der Waals surface area contributed by atoms with Crippen LogP contribution >= 0.6 is 0 Å². The van der Waals surface area contributed by atoms with Gasteiger partial charge in [-0.2, -0.15) is 0 Å². The van der Waals surface area contributed by atoms with Gasteiger partial charge in [0.25, 0.3) is 0 Å². The van der Waals surface area contributed by atoms with E-state index in [0.29, 0.717) is 18.5 Å². The SMILES string of the molecule is CC(C)[N+](C)(CCC(C(=N)[O-])(c1ccccc1)c1ccccc1)C(C)C. The third-order valence-electron chi connectivity index (χ3n) is 6.25. The molecule has 0 radical (unpaired) electrons. The predicted octanol–water partition coefficient (Wildman–Crippen LogP) is 3.96. The molecule has 3 heteroatoms. The summed E-state index contributed by atoms with van der Waals surface area (Å²) in [7, 11) is 2.25. The minimum atomic E-state index is -0.925. The molecule has 0 bridgehead atoms. The molecular formula is C23H32N2O. The van der Waals surface area contributed by atoms with Crippen molar-refractivity contribution in [2.75, 3.05) is 13.6 Å². The highest BCUT2D eigenvalue weighted by Gasteiger charge is 2.39. The third kappa shape index (κ3) is 3.68. The Bertz CT molecular complexity index is 660. The molecule has 3 nitrogen and oxygen atoms in total. The summed E-state index contributed by atoms with van der Waals surface area (Å²) in [4.78, 5) is 0. The number of nitrogens with one attached hydrogen (secondary N) is 1. The number of hydrogen-bond acceptors (Lipinski definition) is 2. The Balaban J connectivity index is 2.56. The summed E-state index contributed by atoms with van der Waals surface area (Å²) in [5, 5.41) is 21.0. The Kier molecular flexibility index (Phi) is 6.25. The van der Waals surface area contributed by atoms with Crippen LogP contribution in [0.1, 0.15) is 45.2 Å². The molecule has 0 fully saturated rings. The van der Waals surface area contributed by atoms with Crippen LogP contribution in [0.15, 0.2) is 60.7 Å². The Morgan fingerprint density at radius 3 is 1.58 bits per heavy atom. The molecule has 0 spiro atoms. The first-order chi connectivity index (χ1) is 12.2. The van der Waals surface area contributed by atoms with Gasteiger partial charge in [-0.25, -0.2) is 0 Å². The molecule has 0 heterocycles. The molecule has 2 aromatic carbocycles. The molecule has 0 saturated heterocycles. The van der Waals surface area contributed by atoms with Crippen molar-refractivity contribution in [2.45, 2.75) is 51.6 Å².